The third-order valence-corrected chi connectivity index (χ3v) is 7.03. The van der Waals surface area contributed by atoms with Crippen LogP contribution < -0.4 is 9.80 Å². The molecule has 1 unspecified atom stereocenters. The van der Waals surface area contributed by atoms with Gasteiger partial charge < -0.3 is 15.0 Å². The van der Waals surface area contributed by atoms with Gasteiger partial charge in [0.2, 0.25) is 0 Å². The van der Waals surface area contributed by atoms with E-state index in [2.05, 4.69) is 25.8 Å². The van der Waals surface area contributed by atoms with Crippen molar-refractivity contribution in [3.8, 4) is 0 Å². The Morgan fingerprint density at radius 1 is 0.919 bits per heavy atom. The van der Waals surface area contributed by atoms with Crippen LogP contribution in [0.15, 0.2) is 84.6 Å². The normalized spacial score (nSPS) is 17.5. The van der Waals surface area contributed by atoms with Crippen molar-refractivity contribution in [1.29, 1.82) is 0 Å². The van der Waals surface area contributed by atoms with E-state index in [1.807, 2.05) is 91.8 Å². The quantitative estimate of drug-likeness (QED) is 0.203. The fourth-order valence-electron chi connectivity index (χ4n) is 4.90. The van der Waals surface area contributed by atoms with E-state index in [0.717, 1.165) is 27.7 Å². The molecule has 6 nitrogen and oxygen atoms in total. The fraction of sp³-hybridized carbons (Fsp3) is 0.226. The number of carbonyl (C=O) groups excluding carboxylic acids is 2. The summed E-state index contributed by atoms with van der Waals surface area (Å²) in [6, 6.07) is 22.2. The summed E-state index contributed by atoms with van der Waals surface area (Å²) in [5.41, 5.74) is 4.82. The molecule has 0 bridgehead atoms. The van der Waals surface area contributed by atoms with Crippen molar-refractivity contribution in [1.82, 2.24) is 4.98 Å². The second kappa shape index (κ2) is 8.96. The van der Waals surface area contributed by atoms with Crippen LogP contribution in [0.3, 0.4) is 0 Å². The highest BCUT2D eigenvalue weighted by molar-refractivity contribution is 6.51. The number of hydrogen-bond donors (Lipinski definition) is 2. The van der Waals surface area contributed by atoms with Gasteiger partial charge in [0.1, 0.15) is 5.76 Å². The Balaban J connectivity index is 1.71. The van der Waals surface area contributed by atoms with E-state index >= 15 is 0 Å². The van der Waals surface area contributed by atoms with Crippen molar-refractivity contribution in [2.75, 3.05) is 23.9 Å². The van der Waals surface area contributed by atoms with Crippen LogP contribution >= 0.6 is 0 Å². The lowest BCUT2D eigenvalue weighted by Crippen LogP contribution is -2.29. The molecule has 0 radical (unpaired) electrons. The van der Waals surface area contributed by atoms with Crippen molar-refractivity contribution >= 4 is 39.7 Å². The van der Waals surface area contributed by atoms with E-state index < -0.39 is 17.7 Å². The third kappa shape index (κ3) is 4.18. The molecule has 4 aromatic rings. The fourth-order valence-corrected chi connectivity index (χ4v) is 4.90. The lowest BCUT2D eigenvalue weighted by molar-refractivity contribution is -0.132. The maximum Gasteiger partial charge on any atom is 0.300 e. The number of aliphatic hydroxyl groups excluding tert-OH is 1. The van der Waals surface area contributed by atoms with Crippen LogP contribution in [0, 0.1) is 0 Å². The first kappa shape index (κ1) is 24.4. The van der Waals surface area contributed by atoms with Gasteiger partial charge in [-0.3, -0.25) is 14.5 Å². The van der Waals surface area contributed by atoms with Crippen molar-refractivity contribution in [2.24, 2.45) is 0 Å². The number of benzene rings is 3. The Kier molecular flexibility index (Phi) is 5.91. The minimum absolute atomic E-state index is 0.0492. The average Bonchev–Trinajstić information content (AvgIpc) is 3.42. The number of Topliss-reactive ketones (excluding diaryl/α,β-unsaturated/α-hetero) is 1. The molecule has 37 heavy (non-hydrogen) atoms. The highest BCUT2D eigenvalue weighted by atomic mass is 16.3. The summed E-state index contributed by atoms with van der Waals surface area (Å²) in [4.78, 5) is 33.6. The van der Waals surface area contributed by atoms with Gasteiger partial charge in [-0.1, -0.05) is 63.2 Å². The zero-order chi connectivity index (χ0) is 26.5. The van der Waals surface area contributed by atoms with E-state index in [-0.39, 0.29) is 16.7 Å². The van der Waals surface area contributed by atoms with Crippen LogP contribution in [0.25, 0.3) is 16.7 Å². The maximum atomic E-state index is 13.5. The molecule has 2 N–H and O–H groups in total. The highest BCUT2D eigenvalue weighted by Gasteiger charge is 2.47. The molecule has 1 amide bonds. The molecular weight excluding hydrogens is 462 g/mol. The van der Waals surface area contributed by atoms with Gasteiger partial charge in [-0.25, -0.2) is 0 Å². The Morgan fingerprint density at radius 3 is 2.19 bits per heavy atom. The Hall–Kier alpha value is -4.32. The number of aliphatic hydroxyl groups is 1. The van der Waals surface area contributed by atoms with E-state index in [4.69, 9.17) is 0 Å². The second-order valence-corrected chi connectivity index (χ2v) is 10.7. The molecule has 0 spiro atoms. The molecule has 188 valence electrons. The van der Waals surface area contributed by atoms with Crippen molar-refractivity contribution in [2.45, 2.75) is 32.2 Å². The molecule has 1 aliphatic heterocycles. The molecule has 1 atom stereocenters. The van der Waals surface area contributed by atoms with Crippen LogP contribution in [0.1, 0.15) is 43.5 Å². The van der Waals surface area contributed by atoms with Gasteiger partial charge in [0, 0.05) is 48.1 Å². The first-order valence-corrected chi connectivity index (χ1v) is 12.3. The van der Waals surface area contributed by atoms with Crippen LogP contribution in [0.4, 0.5) is 11.4 Å². The van der Waals surface area contributed by atoms with Gasteiger partial charge in [0.25, 0.3) is 11.7 Å². The number of rotatable bonds is 4. The van der Waals surface area contributed by atoms with Gasteiger partial charge in [-0.15, -0.1) is 0 Å². The van der Waals surface area contributed by atoms with Crippen LogP contribution in [0.2, 0.25) is 0 Å². The summed E-state index contributed by atoms with van der Waals surface area (Å²) in [6.07, 6.45) is 1.68. The number of hydrogen-bond acceptors (Lipinski definition) is 4. The minimum atomic E-state index is -0.770. The van der Waals surface area contributed by atoms with Gasteiger partial charge >= 0.3 is 0 Å². The zero-order valence-corrected chi connectivity index (χ0v) is 21.7. The van der Waals surface area contributed by atoms with Gasteiger partial charge in [0.05, 0.1) is 11.6 Å². The second-order valence-electron chi connectivity index (χ2n) is 10.7. The summed E-state index contributed by atoms with van der Waals surface area (Å²) in [6.45, 7) is 6.41. The molecule has 6 heteroatoms. The monoisotopic (exact) mass is 493 g/mol. The van der Waals surface area contributed by atoms with E-state index in [1.165, 1.54) is 4.90 Å². The minimum Gasteiger partial charge on any atom is -0.507 e. The third-order valence-electron chi connectivity index (χ3n) is 7.03. The summed E-state index contributed by atoms with van der Waals surface area (Å²) >= 11 is 0. The van der Waals surface area contributed by atoms with Crippen molar-refractivity contribution < 1.29 is 14.7 Å². The molecule has 1 saturated heterocycles. The molecule has 3 aromatic carbocycles. The lowest BCUT2D eigenvalue weighted by Gasteiger charge is -2.27. The van der Waals surface area contributed by atoms with Gasteiger partial charge in [-0.2, -0.15) is 0 Å². The number of H-pyrrole nitrogens is 1. The van der Waals surface area contributed by atoms with E-state index in [0.29, 0.717) is 11.3 Å². The number of nitrogens with one attached hydrogen (secondary N) is 1. The number of amides is 1. The zero-order valence-electron chi connectivity index (χ0n) is 21.7. The van der Waals surface area contributed by atoms with Crippen molar-refractivity contribution in [3.63, 3.8) is 0 Å². The predicted octanol–water partition coefficient (Wildman–Crippen LogP) is 6.16. The number of nitrogens with zero attached hydrogens (tertiary/aromatic N) is 2. The average molecular weight is 494 g/mol. The standard InChI is InChI=1S/C31H31N3O3/c1-31(2,3)20-12-10-19(11-13-20)27-26(28(35)24-18-32-25-9-7-6-8-23(24)25)29(36)30(37)34(27)22-16-14-21(15-17-22)33(4)5/h6-18,27,32,35H,1-5H3/b28-26-. The van der Waals surface area contributed by atoms with Crippen molar-refractivity contribution in [3.05, 3.63) is 101 Å². The molecule has 0 aliphatic carbocycles. The highest BCUT2D eigenvalue weighted by Crippen LogP contribution is 2.43. The maximum absolute atomic E-state index is 13.5. The SMILES string of the molecule is CN(C)c1ccc(N2C(=O)C(=O)/C(=C(\O)c3c[nH]c4ccccc34)C2c2ccc(C(C)(C)C)cc2)cc1. The Bertz CT molecular complexity index is 1520. The molecular formula is C31H31N3O3. The van der Waals surface area contributed by atoms with E-state index in [1.54, 1.807) is 6.20 Å². The largest absolute Gasteiger partial charge is 0.507 e. The molecule has 1 aromatic heterocycles. The smallest absolute Gasteiger partial charge is 0.300 e. The Morgan fingerprint density at radius 2 is 1.57 bits per heavy atom. The molecule has 1 aliphatic rings. The molecule has 2 heterocycles. The summed E-state index contributed by atoms with van der Waals surface area (Å²) in [5.74, 6) is -1.55. The number of ketones is 1. The molecule has 0 saturated carbocycles. The number of anilines is 2. The predicted molar refractivity (Wildman–Crippen MR) is 149 cm³/mol. The summed E-state index contributed by atoms with van der Waals surface area (Å²) < 4.78 is 0. The topological polar surface area (TPSA) is 76.6 Å². The molecule has 5 rings (SSSR count). The number of aromatic amines is 1. The number of aromatic nitrogens is 1. The Labute approximate surface area is 216 Å². The number of fused-ring (bicyclic) bond motifs is 1. The summed E-state index contributed by atoms with van der Waals surface area (Å²) in [7, 11) is 3.89. The first-order chi connectivity index (χ1) is 17.6. The lowest BCUT2D eigenvalue weighted by atomic mass is 9.85. The molecule has 1 fully saturated rings. The van der Waals surface area contributed by atoms with Gasteiger partial charge in [-0.05, 0) is 46.9 Å². The van der Waals surface area contributed by atoms with Gasteiger partial charge in [0.15, 0.2) is 0 Å². The van der Waals surface area contributed by atoms with Crippen LogP contribution in [0.5, 0.6) is 0 Å². The van der Waals surface area contributed by atoms with Crippen LogP contribution in [-0.4, -0.2) is 35.9 Å². The number of carbonyl (C=O) groups is 2. The van der Waals surface area contributed by atoms with Crippen LogP contribution in [-0.2, 0) is 15.0 Å². The first-order valence-electron chi connectivity index (χ1n) is 12.3. The summed E-state index contributed by atoms with van der Waals surface area (Å²) in [5, 5.41) is 12.3. The van der Waals surface area contributed by atoms with E-state index in [9.17, 15) is 14.7 Å². The number of para-hydroxylation sites is 1.